The minimum absolute atomic E-state index is 0.115. The highest BCUT2D eigenvalue weighted by atomic mass is 32.2. The zero-order chi connectivity index (χ0) is 27.9. The van der Waals surface area contributed by atoms with Gasteiger partial charge >= 0.3 is 6.18 Å². The number of benzene rings is 3. The molecule has 0 saturated carbocycles. The number of hydrogen-bond acceptors (Lipinski definition) is 4. The zero-order valence-electron chi connectivity index (χ0n) is 22.5. The molecule has 0 amide bonds. The van der Waals surface area contributed by atoms with Crippen LogP contribution < -0.4 is 9.46 Å². The standard InChI is InChI=1S/C30H35F3N2O3S/c1-4-6-22-18-35-12-11-21(22)15-28(35)29(26-8-5-7-20-9-10-24(38-3)17-27(20)26)34-39(36,37)25-14-19(2)13-23(16-25)30(31,32)33/h5,7-10,13-14,16-17,21-22,28-29,34H,4,6,11-12,15,18H2,1-3H3/t21?,22?,28-,29-/m0/s1. The molecule has 2 unspecified atom stereocenters. The summed E-state index contributed by atoms with van der Waals surface area (Å²) in [6.07, 6.45) is -0.492. The van der Waals surface area contributed by atoms with E-state index in [1.54, 1.807) is 7.11 Å². The molecule has 2 bridgehead atoms. The number of hydrogen-bond donors (Lipinski definition) is 1. The number of nitrogens with zero attached hydrogens (tertiary/aromatic N) is 1. The van der Waals surface area contributed by atoms with Crippen molar-refractivity contribution in [3.05, 3.63) is 71.3 Å². The van der Waals surface area contributed by atoms with E-state index in [0.29, 0.717) is 17.6 Å². The lowest BCUT2D eigenvalue weighted by Gasteiger charge is -2.52. The maximum Gasteiger partial charge on any atom is 0.416 e. The summed E-state index contributed by atoms with van der Waals surface area (Å²) in [6.45, 7) is 5.44. The number of methoxy groups -OCH3 is 1. The second kappa shape index (κ2) is 10.7. The third-order valence-electron chi connectivity index (χ3n) is 8.41. The number of nitrogens with one attached hydrogen (secondary N) is 1. The smallest absolute Gasteiger partial charge is 0.416 e. The molecular formula is C30H35F3N2O3S. The molecule has 0 aliphatic carbocycles. The minimum atomic E-state index is -4.65. The van der Waals surface area contributed by atoms with Crippen LogP contribution in [-0.4, -0.2) is 39.6 Å². The fourth-order valence-corrected chi connectivity index (χ4v) is 7.93. The van der Waals surface area contributed by atoms with Gasteiger partial charge in [-0.2, -0.15) is 13.2 Å². The van der Waals surface area contributed by atoms with E-state index in [-0.39, 0.29) is 16.5 Å². The number of alkyl halides is 3. The molecule has 0 spiro atoms. The van der Waals surface area contributed by atoms with Crippen molar-refractivity contribution in [3.63, 3.8) is 0 Å². The van der Waals surface area contributed by atoms with Gasteiger partial charge in [0.25, 0.3) is 0 Å². The molecule has 3 aromatic rings. The van der Waals surface area contributed by atoms with Crippen molar-refractivity contribution in [3.8, 4) is 5.75 Å². The van der Waals surface area contributed by atoms with E-state index in [1.165, 1.54) is 13.0 Å². The SMILES string of the molecule is CCCC1C[N@@]2CCC1C[C@H]2[C@@H](NS(=O)(=O)c1cc(C)cc(C(F)(F)F)c1)c1cccc2ccc(OC)cc12. The van der Waals surface area contributed by atoms with E-state index < -0.39 is 27.8 Å². The maximum absolute atomic E-state index is 13.8. The van der Waals surface area contributed by atoms with E-state index >= 15 is 0 Å². The lowest BCUT2D eigenvalue weighted by molar-refractivity contribution is -0.137. The summed E-state index contributed by atoms with van der Waals surface area (Å²) in [7, 11) is -2.71. The van der Waals surface area contributed by atoms with Crippen molar-refractivity contribution in [2.45, 2.75) is 62.7 Å². The van der Waals surface area contributed by atoms with Gasteiger partial charge in [-0.3, -0.25) is 4.90 Å². The third kappa shape index (κ3) is 5.67. The van der Waals surface area contributed by atoms with Crippen LogP contribution in [0.4, 0.5) is 13.2 Å². The van der Waals surface area contributed by atoms with Gasteiger partial charge in [0.15, 0.2) is 0 Å². The van der Waals surface area contributed by atoms with Crippen LogP contribution >= 0.6 is 0 Å². The van der Waals surface area contributed by atoms with E-state index in [9.17, 15) is 21.6 Å². The maximum atomic E-state index is 13.8. The first-order chi connectivity index (χ1) is 18.5. The molecule has 3 fully saturated rings. The zero-order valence-corrected chi connectivity index (χ0v) is 23.3. The Morgan fingerprint density at radius 3 is 2.59 bits per heavy atom. The van der Waals surface area contributed by atoms with Crippen molar-refractivity contribution in [2.24, 2.45) is 11.8 Å². The minimum Gasteiger partial charge on any atom is -0.497 e. The predicted octanol–water partition coefficient (Wildman–Crippen LogP) is 6.71. The van der Waals surface area contributed by atoms with Gasteiger partial charge in [0, 0.05) is 12.6 Å². The summed E-state index contributed by atoms with van der Waals surface area (Å²) in [5.41, 5.74) is 0.0556. The normalized spacial score (nSPS) is 24.2. The Morgan fingerprint density at radius 1 is 1.13 bits per heavy atom. The number of rotatable bonds is 8. The third-order valence-corrected chi connectivity index (χ3v) is 9.83. The summed E-state index contributed by atoms with van der Waals surface area (Å²) in [5.74, 6) is 1.72. The Hall–Kier alpha value is -2.62. The average molecular weight is 561 g/mol. The van der Waals surface area contributed by atoms with Crippen LogP contribution in [0.2, 0.25) is 0 Å². The molecule has 0 aromatic heterocycles. The number of ether oxygens (including phenoxy) is 1. The van der Waals surface area contributed by atoms with Gasteiger partial charge < -0.3 is 4.74 Å². The van der Waals surface area contributed by atoms with Crippen molar-refractivity contribution < 1.29 is 26.3 Å². The second-order valence-corrected chi connectivity index (χ2v) is 12.7. The van der Waals surface area contributed by atoms with Gasteiger partial charge in [0.1, 0.15) is 5.75 Å². The number of aryl methyl sites for hydroxylation is 1. The quantitative estimate of drug-likeness (QED) is 0.333. The molecular weight excluding hydrogens is 525 g/mol. The first-order valence-electron chi connectivity index (χ1n) is 13.5. The topological polar surface area (TPSA) is 58.6 Å². The van der Waals surface area contributed by atoms with Crippen LogP contribution in [0.5, 0.6) is 5.75 Å². The second-order valence-electron chi connectivity index (χ2n) is 11.0. The summed E-state index contributed by atoms with van der Waals surface area (Å²) in [6, 6.07) is 13.7. The fourth-order valence-electron chi connectivity index (χ4n) is 6.55. The lowest BCUT2D eigenvalue weighted by Crippen LogP contribution is -2.57. The first kappa shape index (κ1) is 27.9. The van der Waals surface area contributed by atoms with Crippen LogP contribution in [0.1, 0.15) is 55.3 Å². The van der Waals surface area contributed by atoms with Gasteiger partial charge in [0.2, 0.25) is 10.0 Å². The van der Waals surface area contributed by atoms with Gasteiger partial charge in [0.05, 0.1) is 23.6 Å². The number of sulfonamides is 1. The Morgan fingerprint density at radius 2 is 1.92 bits per heavy atom. The highest BCUT2D eigenvalue weighted by molar-refractivity contribution is 7.89. The lowest BCUT2D eigenvalue weighted by atomic mass is 9.71. The van der Waals surface area contributed by atoms with Gasteiger partial charge in [-0.15, -0.1) is 0 Å². The monoisotopic (exact) mass is 560 g/mol. The molecule has 39 heavy (non-hydrogen) atoms. The molecule has 0 radical (unpaired) electrons. The van der Waals surface area contributed by atoms with E-state index in [0.717, 1.165) is 67.2 Å². The molecule has 5 atom stereocenters. The van der Waals surface area contributed by atoms with Gasteiger partial charge in [-0.25, -0.2) is 13.1 Å². The molecule has 3 heterocycles. The van der Waals surface area contributed by atoms with E-state index in [4.69, 9.17) is 4.74 Å². The molecule has 3 aliphatic heterocycles. The van der Waals surface area contributed by atoms with Crippen LogP contribution in [0.15, 0.2) is 59.5 Å². The highest BCUT2D eigenvalue weighted by Crippen LogP contribution is 2.44. The Kier molecular flexibility index (Phi) is 7.70. The first-order valence-corrected chi connectivity index (χ1v) is 15.0. The molecule has 3 aromatic carbocycles. The number of halogens is 3. The van der Waals surface area contributed by atoms with Crippen LogP contribution in [0.3, 0.4) is 0 Å². The Balaban J connectivity index is 1.60. The van der Waals surface area contributed by atoms with Crippen LogP contribution in [-0.2, 0) is 16.2 Å². The van der Waals surface area contributed by atoms with Crippen LogP contribution in [0, 0.1) is 18.8 Å². The van der Waals surface area contributed by atoms with E-state index in [1.807, 2.05) is 36.4 Å². The van der Waals surface area contributed by atoms with Crippen molar-refractivity contribution in [1.29, 1.82) is 0 Å². The number of piperidine rings is 3. The van der Waals surface area contributed by atoms with Crippen molar-refractivity contribution in [2.75, 3.05) is 20.2 Å². The highest BCUT2D eigenvalue weighted by Gasteiger charge is 2.44. The summed E-state index contributed by atoms with van der Waals surface area (Å²) in [5, 5.41) is 1.80. The molecule has 1 N–H and O–H groups in total. The Labute approximate surface area is 228 Å². The number of fused-ring (bicyclic) bond motifs is 4. The molecule has 210 valence electrons. The molecule has 3 saturated heterocycles. The molecule has 3 aliphatic rings. The van der Waals surface area contributed by atoms with Crippen LogP contribution in [0.25, 0.3) is 10.8 Å². The molecule has 5 nitrogen and oxygen atoms in total. The largest absolute Gasteiger partial charge is 0.497 e. The van der Waals surface area contributed by atoms with Gasteiger partial charge in [-0.1, -0.05) is 37.6 Å². The Bertz CT molecular complexity index is 1460. The average Bonchev–Trinajstić information content (AvgIpc) is 2.91. The molecule has 9 heteroatoms. The van der Waals surface area contributed by atoms with Gasteiger partial charge in [-0.05, 0) is 96.8 Å². The molecule has 6 rings (SSSR count). The van der Waals surface area contributed by atoms with Crippen molar-refractivity contribution in [1.82, 2.24) is 9.62 Å². The fraction of sp³-hybridized carbons (Fsp3) is 0.467. The van der Waals surface area contributed by atoms with E-state index in [2.05, 4.69) is 16.5 Å². The summed E-state index contributed by atoms with van der Waals surface area (Å²) in [4.78, 5) is 2.00. The summed E-state index contributed by atoms with van der Waals surface area (Å²) >= 11 is 0. The predicted molar refractivity (Wildman–Crippen MR) is 146 cm³/mol. The van der Waals surface area contributed by atoms with Crippen molar-refractivity contribution >= 4 is 20.8 Å². The summed E-state index contributed by atoms with van der Waals surface area (Å²) < 4.78 is 76.7.